The van der Waals surface area contributed by atoms with Crippen LogP contribution in [-0.2, 0) is 0 Å². The van der Waals surface area contributed by atoms with Crippen molar-refractivity contribution < 1.29 is 5.11 Å². The molecule has 14 heavy (non-hydrogen) atoms. The molecule has 1 N–H and O–H groups in total. The van der Waals surface area contributed by atoms with E-state index in [-0.39, 0.29) is 5.75 Å². The third kappa shape index (κ3) is 1.71. The van der Waals surface area contributed by atoms with Crippen molar-refractivity contribution in [2.24, 2.45) is 0 Å². The molecule has 0 amide bonds. The molecule has 0 bridgehead atoms. The molecule has 1 aromatic heterocycles. The summed E-state index contributed by atoms with van der Waals surface area (Å²) in [6, 6.07) is 6.91. The smallest absolute Gasteiger partial charge is 0.115 e. The van der Waals surface area contributed by atoms with Crippen LogP contribution in [0.4, 0.5) is 0 Å². The third-order valence-corrected chi connectivity index (χ3v) is 1.92. The summed E-state index contributed by atoms with van der Waals surface area (Å²) < 4.78 is 0. The Morgan fingerprint density at radius 2 is 1.79 bits per heavy atom. The number of phenolic OH excluding ortho intramolecular Hbond substituents is 1. The van der Waals surface area contributed by atoms with Gasteiger partial charge in [-0.25, -0.2) is 4.98 Å². The maximum atomic E-state index is 9.12. The molecule has 0 atom stereocenters. The summed E-state index contributed by atoms with van der Waals surface area (Å²) in [5, 5.41) is 9.12. The molecule has 70 valence electrons. The van der Waals surface area contributed by atoms with E-state index in [0.717, 1.165) is 17.0 Å². The number of aromatic nitrogens is 2. The lowest BCUT2D eigenvalue weighted by molar-refractivity contribution is 0.475. The van der Waals surface area contributed by atoms with Crippen LogP contribution in [0.3, 0.4) is 0 Å². The summed E-state index contributed by atoms with van der Waals surface area (Å²) in [5.74, 6) is 0.259. The number of rotatable bonds is 1. The maximum absolute atomic E-state index is 9.12. The minimum absolute atomic E-state index is 0.259. The highest BCUT2D eigenvalue weighted by atomic mass is 16.3. The minimum atomic E-state index is 0.259. The first kappa shape index (κ1) is 8.69. The second-order valence-corrected chi connectivity index (χ2v) is 3.09. The normalized spacial score (nSPS) is 10.1. The van der Waals surface area contributed by atoms with Gasteiger partial charge < -0.3 is 5.11 Å². The van der Waals surface area contributed by atoms with Crippen LogP contribution in [0.5, 0.6) is 5.75 Å². The SMILES string of the molecule is Cc1cncc(-c2ccc(O)cc2)n1. The highest BCUT2D eigenvalue weighted by molar-refractivity contribution is 5.58. The van der Waals surface area contributed by atoms with Gasteiger partial charge in [-0.3, -0.25) is 4.98 Å². The van der Waals surface area contributed by atoms with E-state index in [2.05, 4.69) is 9.97 Å². The van der Waals surface area contributed by atoms with E-state index in [4.69, 9.17) is 5.11 Å². The van der Waals surface area contributed by atoms with Gasteiger partial charge in [0.15, 0.2) is 0 Å². The Hall–Kier alpha value is -1.90. The average molecular weight is 186 g/mol. The molecule has 0 saturated heterocycles. The fourth-order valence-electron chi connectivity index (χ4n) is 1.23. The highest BCUT2D eigenvalue weighted by Crippen LogP contribution is 2.18. The third-order valence-electron chi connectivity index (χ3n) is 1.92. The Balaban J connectivity index is 2.44. The molecule has 0 aliphatic rings. The van der Waals surface area contributed by atoms with Crippen LogP contribution in [0.2, 0.25) is 0 Å². The van der Waals surface area contributed by atoms with Crippen LogP contribution in [0, 0.1) is 6.92 Å². The number of aryl methyl sites for hydroxylation is 1. The second-order valence-electron chi connectivity index (χ2n) is 3.09. The summed E-state index contributed by atoms with van der Waals surface area (Å²) in [6.45, 7) is 1.90. The Bertz CT molecular complexity index is 437. The standard InChI is InChI=1S/C11H10N2O/c1-8-6-12-7-11(13-8)9-2-4-10(14)5-3-9/h2-7,14H,1H3. The largest absolute Gasteiger partial charge is 0.508 e. The molecular formula is C11H10N2O. The van der Waals surface area contributed by atoms with Crippen LogP contribution in [0.25, 0.3) is 11.3 Å². The van der Waals surface area contributed by atoms with Crippen LogP contribution < -0.4 is 0 Å². The van der Waals surface area contributed by atoms with Crippen LogP contribution in [0.15, 0.2) is 36.7 Å². The molecule has 3 heteroatoms. The molecule has 0 saturated carbocycles. The molecular weight excluding hydrogens is 176 g/mol. The summed E-state index contributed by atoms with van der Waals surface area (Å²) in [6.07, 6.45) is 3.42. The number of nitrogens with zero attached hydrogens (tertiary/aromatic N) is 2. The van der Waals surface area contributed by atoms with Crippen molar-refractivity contribution in [3.8, 4) is 17.0 Å². The van der Waals surface area contributed by atoms with E-state index >= 15 is 0 Å². The van der Waals surface area contributed by atoms with Gasteiger partial charge in [0.1, 0.15) is 5.75 Å². The Kier molecular flexibility index (Phi) is 2.14. The molecule has 0 radical (unpaired) electrons. The van der Waals surface area contributed by atoms with Gasteiger partial charge in [0.2, 0.25) is 0 Å². The van der Waals surface area contributed by atoms with Crippen molar-refractivity contribution in [3.63, 3.8) is 0 Å². The quantitative estimate of drug-likeness (QED) is 0.742. The first-order valence-electron chi connectivity index (χ1n) is 4.34. The van der Waals surface area contributed by atoms with E-state index in [1.165, 1.54) is 0 Å². The Morgan fingerprint density at radius 3 is 2.43 bits per heavy atom. The monoisotopic (exact) mass is 186 g/mol. The van der Waals surface area contributed by atoms with Crippen molar-refractivity contribution in [2.75, 3.05) is 0 Å². The summed E-state index contributed by atoms with van der Waals surface area (Å²) in [4.78, 5) is 8.39. The molecule has 0 spiro atoms. The number of benzene rings is 1. The van der Waals surface area contributed by atoms with Gasteiger partial charge in [0.05, 0.1) is 17.6 Å². The van der Waals surface area contributed by atoms with E-state index in [9.17, 15) is 0 Å². The fourth-order valence-corrected chi connectivity index (χ4v) is 1.23. The zero-order chi connectivity index (χ0) is 9.97. The Labute approximate surface area is 82.1 Å². The number of aromatic hydroxyl groups is 1. The van der Waals surface area contributed by atoms with Crippen molar-refractivity contribution in [3.05, 3.63) is 42.4 Å². The van der Waals surface area contributed by atoms with Crippen LogP contribution in [0.1, 0.15) is 5.69 Å². The van der Waals surface area contributed by atoms with Crippen molar-refractivity contribution in [1.29, 1.82) is 0 Å². The van der Waals surface area contributed by atoms with Crippen molar-refractivity contribution in [2.45, 2.75) is 6.92 Å². The van der Waals surface area contributed by atoms with Gasteiger partial charge >= 0.3 is 0 Å². The highest BCUT2D eigenvalue weighted by Gasteiger charge is 1.99. The molecule has 3 nitrogen and oxygen atoms in total. The summed E-state index contributed by atoms with van der Waals surface area (Å²) in [5.41, 5.74) is 2.67. The number of hydrogen-bond acceptors (Lipinski definition) is 3. The van der Waals surface area contributed by atoms with Crippen LogP contribution in [-0.4, -0.2) is 15.1 Å². The summed E-state index contributed by atoms with van der Waals surface area (Å²) in [7, 11) is 0. The van der Waals surface area contributed by atoms with Gasteiger partial charge in [0.25, 0.3) is 0 Å². The van der Waals surface area contributed by atoms with E-state index in [1.54, 1.807) is 24.5 Å². The first-order valence-corrected chi connectivity index (χ1v) is 4.34. The second kappa shape index (κ2) is 3.46. The molecule has 0 aliphatic carbocycles. The molecule has 0 unspecified atom stereocenters. The number of phenols is 1. The first-order chi connectivity index (χ1) is 6.75. The lowest BCUT2D eigenvalue weighted by atomic mass is 10.1. The van der Waals surface area contributed by atoms with E-state index in [0.29, 0.717) is 0 Å². The minimum Gasteiger partial charge on any atom is -0.508 e. The average Bonchev–Trinajstić information content (AvgIpc) is 2.19. The molecule has 1 aromatic carbocycles. The van der Waals surface area contributed by atoms with Crippen molar-refractivity contribution in [1.82, 2.24) is 9.97 Å². The molecule has 2 rings (SSSR count). The summed E-state index contributed by atoms with van der Waals surface area (Å²) >= 11 is 0. The van der Waals surface area contributed by atoms with Gasteiger partial charge in [-0.05, 0) is 31.2 Å². The molecule has 0 aliphatic heterocycles. The number of hydrogen-bond donors (Lipinski definition) is 1. The Morgan fingerprint density at radius 1 is 1.07 bits per heavy atom. The lowest BCUT2D eigenvalue weighted by Crippen LogP contribution is -1.87. The predicted octanol–water partition coefficient (Wildman–Crippen LogP) is 2.16. The van der Waals surface area contributed by atoms with E-state index in [1.807, 2.05) is 19.1 Å². The fraction of sp³-hybridized carbons (Fsp3) is 0.0909. The zero-order valence-corrected chi connectivity index (χ0v) is 7.81. The van der Waals surface area contributed by atoms with Gasteiger partial charge in [-0.15, -0.1) is 0 Å². The van der Waals surface area contributed by atoms with Gasteiger partial charge in [0, 0.05) is 11.8 Å². The topological polar surface area (TPSA) is 46.0 Å². The molecule has 1 heterocycles. The van der Waals surface area contributed by atoms with Crippen LogP contribution >= 0.6 is 0 Å². The van der Waals surface area contributed by atoms with Gasteiger partial charge in [-0.1, -0.05) is 0 Å². The van der Waals surface area contributed by atoms with Gasteiger partial charge in [-0.2, -0.15) is 0 Å². The lowest BCUT2D eigenvalue weighted by Gasteiger charge is -2.00. The van der Waals surface area contributed by atoms with Crippen molar-refractivity contribution >= 4 is 0 Å². The maximum Gasteiger partial charge on any atom is 0.115 e. The predicted molar refractivity (Wildman–Crippen MR) is 53.9 cm³/mol. The molecule has 0 fully saturated rings. The molecule has 2 aromatic rings. The zero-order valence-electron chi connectivity index (χ0n) is 7.81. The van der Waals surface area contributed by atoms with E-state index < -0.39 is 0 Å².